The van der Waals surface area contributed by atoms with E-state index in [1.165, 1.54) is 13.2 Å². The maximum Gasteiger partial charge on any atom is 0.339 e. The number of pyridine rings is 1. The Hall–Kier alpha value is -2.56. The molecule has 1 aromatic carbocycles. The van der Waals surface area contributed by atoms with Crippen LogP contribution in [0.5, 0.6) is 11.5 Å². The molecular formula is C14H13NO4. The third kappa shape index (κ3) is 2.65. The number of aromatic nitrogens is 1. The van der Waals surface area contributed by atoms with Crippen LogP contribution in [0.15, 0.2) is 36.7 Å². The van der Waals surface area contributed by atoms with Crippen molar-refractivity contribution in [3.8, 4) is 22.6 Å². The maximum absolute atomic E-state index is 11.0. The lowest BCUT2D eigenvalue weighted by Crippen LogP contribution is -2.00. The highest BCUT2D eigenvalue weighted by molar-refractivity contribution is 5.92. The molecule has 0 spiro atoms. The van der Waals surface area contributed by atoms with Crippen LogP contribution in [-0.4, -0.2) is 30.3 Å². The summed E-state index contributed by atoms with van der Waals surface area (Å²) in [5.74, 6) is -0.0706. The van der Waals surface area contributed by atoms with Gasteiger partial charge in [0, 0.05) is 11.8 Å². The average Bonchev–Trinajstić information content (AvgIpc) is 2.46. The molecule has 1 N–H and O–H groups in total. The van der Waals surface area contributed by atoms with Gasteiger partial charge in [0.15, 0.2) is 0 Å². The fourth-order valence-electron chi connectivity index (χ4n) is 1.74. The number of ether oxygens (including phenoxy) is 2. The van der Waals surface area contributed by atoms with Gasteiger partial charge in [-0.05, 0) is 23.8 Å². The second kappa shape index (κ2) is 5.39. The lowest BCUT2D eigenvalue weighted by Gasteiger charge is -2.08. The van der Waals surface area contributed by atoms with Gasteiger partial charge in [0.25, 0.3) is 0 Å². The summed E-state index contributed by atoms with van der Waals surface area (Å²) in [5, 5.41) is 9.03. The van der Waals surface area contributed by atoms with Gasteiger partial charge >= 0.3 is 5.97 Å². The largest absolute Gasteiger partial charge is 0.496 e. The van der Waals surface area contributed by atoms with Crippen LogP contribution in [0, 0.1) is 0 Å². The Morgan fingerprint density at radius 2 is 1.89 bits per heavy atom. The van der Waals surface area contributed by atoms with E-state index in [0.29, 0.717) is 11.5 Å². The quantitative estimate of drug-likeness (QED) is 0.913. The molecule has 0 amide bonds. The normalized spacial score (nSPS) is 10.0. The summed E-state index contributed by atoms with van der Waals surface area (Å²) < 4.78 is 10.2. The molecule has 2 rings (SSSR count). The number of methoxy groups -OCH3 is 2. The van der Waals surface area contributed by atoms with Gasteiger partial charge in [0.2, 0.25) is 0 Å². The number of hydrogen-bond acceptors (Lipinski definition) is 4. The molecule has 98 valence electrons. The molecule has 0 atom stereocenters. The number of carboxylic acids is 1. The molecule has 0 radical (unpaired) electrons. The Morgan fingerprint density at radius 3 is 2.53 bits per heavy atom. The first-order chi connectivity index (χ1) is 9.15. The average molecular weight is 259 g/mol. The molecule has 0 saturated heterocycles. The molecule has 19 heavy (non-hydrogen) atoms. The molecule has 1 heterocycles. The highest BCUT2D eigenvalue weighted by atomic mass is 16.5. The molecule has 0 aliphatic rings. The number of benzene rings is 1. The minimum absolute atomic E-state index is 0.127. The van der Waals surface area contributed by atoms with Crippen molar-refractivity contribution < 1.29 is 19.4 Å². The van der Waals surface area contributed by atoms with E-state index in [9.17, 15) is 4.79 Å². The summed E-state index contributed by atoms with van der Waals surface area (Å²) in [7, 11) is 3.00. The van der Waals surface area contributed by atoms with Crippen LogP contribution < -0.4 is 9.47 Å². The summed E-state index contributed by atoms with van der Waals surface area (Å²) in [6.45, 7) is 0. The monoisotopic (exact) mass is 259 g/mol. The van der Waals surface area contributed by atoms with Crippen molar-refractivity contribution in [3.63, 3.8) is 0 Å². The smallest absolute Gasteiger partial charge is 0.339 e. The predicted molar refractivity (Wildman–Crippen MR) is 69.7 cm³/mol. The molecule has 0 unspecified atom stereocenters. The summed E-state index contributed by atoms with van der Waals surface area (Å²) in [4.78, 5) is 15.1. The third-order valence-electron chi connectivity index (χ3n) is 2.71. The molecular weight excluding hydrogens is 246 g/mol. The SMILES string of the molecule is COc1cncc(-c2ccc(C(=O)O)c(OC)c2)c1. The number of nitrogens with zero attached hydrogens (tertiary/aromatic N) is 1. The molecule has 5 nitrogen and oxygen atoms in total. The highest BCUT2D eigenvalue weighted by Crippen LogP contribution is 2.28. The van der Waals surface area contributed by atoms with Gasteiger partial charge in [-0.1, -0.05) is 6.07 Å². The van der Waals surface area contributed by atoms with Gasteiger partial charge in [0.1, 0.15) is 17.1 Å². The van der Waals surface area contributed by atoms with Crippen molar-refractivity contribution in [2.75, 3.05) is 14.2 Å². The van der Waals surface area contributed by atoms with Crippen molar-refractivity contribution >= 4 is 5.97 Å². The zero-order chi connectivity index (χ0) is 13.8. The summed E-state index contributed by atoms with van der Waals surface area (Å²) in [5.41, 5.74) is 1.77. The fourth-order valence-corrected chi connectivity index (χ4v) is 1.74. The molecule has 5 heteroatoms. The number of carboxylic acid groups (broad SMARTS) is 1. The Kier molecular flexibility index (Phi) is 3.66. The van der Waals surface area contributed by atoms with Crippen LogP contribution in [0.3, 0.4) is 0 Å². The maximum atomic E-state index is 11.0. The zero-order valence-corrected chi connectivity index (χ0v) is 10.6. The second-order valence-corrected chi connectivity index (χ2v) is 3.83. The summed E-state index contributed by atoms with van der Waals surface area (Å²) in [6, 6.07) is 6.71. The molecule has 0 aliphatic carbocycles. The van der Waals surface area contributed by atoms with Crippen LogP contribution in [-0.2, 0) is 0 Å². The Balaban J connectivity index is 2.48. The first-order valence-electron chi connectivity index (χ1n) is 5.56. The van der Waals surface area contributed by atoms with Crippen LogP contribution in [0.1, 0.15) is 10.4 Å². The standard InChI is InChI=1S/C14H13NO4/c1-18-11-5-10(7-15-8-11)9-3-4-12(14(16)17)13(6-9)19-2/h3-8H,1-2H3,(H,16,17). The molecule has 2 aromatic rings. The molecule has 0 bridgehead atoms. The first kappa shape index (κ1) is 12.9. The Bertz CT molecular complexity index is 610. The van der Waals surface area contributed by atoms with Gasteiger partial charge in [-0.2, -0.15) is 0 Å². The second-order valence-electron chi connectivity index (χ2n) is 3.83. The van der Waals surface area contributed by atoms with Crippen molar-refractivity contribution in [2.24, 2.45) is 0 Å². The third-order valence-corrected chi connectivity index (χ3v) is 2.71. The van der Waals surface area contributed by atoms with Crippen molar-refractivity contribution in [1.82, 2.24) is 4.98 Å². The molecule has 0 aliphatic heterocycles. The Morgan fingerprint density at radius 1 is 1.11 bits per heavy atom. The van der Waals surface area contributed by atoms with Crippen LogP contribution in [0.2, 0.25) is 0 Å². The molecule has 1 aromatic heterocycles. The van der Waals surface area contributed by atoms with Crippen molar-refractivity contribution in [1.29, 1.82) is 0 Å². The zero-order valence-electron chi connectivity index (χ0n) is 10.6. The lowest BCUT2D eigenvalue weighted by molar-refractivity contribution is 0.0693. The van der Waals surface area contributed by atoms with E-state index in [4.69, 9.17) is 14.6 Å². The summed E-state index contributed by atoms with van der Waals surface area (Å²) >= 11 is 0. The predicted octanol–water partition coefficient (Wildman–Crippen LogP) is 2.46. The lowest BCUT2D eigenvalue weighted by atomic mass is 10.0. The van der Waals surface area contributed by atoms with Gasteiger partial charge in [-0.15, -0.1) is 0 Å². The van der Waals surface area contributed by atoms with E-state index in [-0.39, 0.29) is 5.56 Å². The van der Waals surface area contributed by atoms with E-state index in [2.05, 4.69) is 4.98 Å². The van der Waals surface area contributed by atoms with E-state index in [1.54, 1.807) is 31.6 Å². The molecule has 0 saturated carbocycles. The Labute approximate surface area is 110 Å². The van der Waals surface area contributed by atoms with Crippen molar-refractivity contribution in [2.45, 2.75) is 0 Å². The van der Waals surface area contributed by atoms with Crippen LogP contribution >= 0.6 is 0 Å². The van der Waals surface area contributed by atoms with Gasteiger partial charge in [0.05, 0.1) is 20.4 Å². The minimum Gasteiger partial charge on any atom is -0.496 e. The van der Waals surface area contributed by atoms with Crippen LogP contribution in [0.4, 0.5) is 0 Å². The van der Waals surface area contributed by atoms with Crippen molar-refractivity contribution in [3.05, 3.63) is 42.2 Å². The fraction of sp³-hybridized carbons (Fsp3) is 0.143. The number of rotatable bonds is 4. The van der Waals surface area contributed by atoms with E-state index >= 15 is 0 Å². The van der Waals surface area contributed by atoms with Crippen LogP contribution in [0.25, 0.3) is 11.1 Å². The first-order valence-corrected chi connectivity index (χ1v) is 5.56. The highest BCUT2D eigenvalue weighted by Gasteiger charge is 2.12. The van der Waals surface area contributed by atoms with E-state index < -0.39 is 5.97 Å². The topological polar surface area (TPSA) is 68.7 Å². The number of aromatic carboxylic acids is 1. The van der Waals surface area contributed by atoms with Gasteiger partial charge in [-0.3, -0.25) is 4.98 Å². The van der Waals surface area contributed by atoms with Gasteiger partial charge < -0.3 is 14.6 Å². The number of carbonyl (C=O) groups is 1. The minimum atomic E-state index is -1.02. The molecule has 0 fully saturated rings. The summed E-state index contributed by atoms with van der Waals surface area (Å²) in [6.07, 6.45) is 3.28. The number of hydrogen-bond donors (Lipinski definition) is 1. The van der Waals surface area contributed by atoms with Gasteiger partial charge in [-0.25, -0.2) is 4.79 Å². The van der Waals surface area contributed by atoms with E-state index in [0.717, 1.165) is 11.1 Å². The van der Waals surface area contributed by atoms with E-state index in [1.807, 2.05) is 6.07 Å².